The Kier molecular flexibility index (Phi) is 5.58. The van der Waals surface area contributed by atoms with Crippen molar-refractivity contribution in [3.05, 3.63) is 63.8 Å². The maximum Gasteiger partial charge on any atom is 0.263 e. The van der Waals surface area contributed by atoms with Crippen molar-refractivity contribution >= 4 is 44.9 Å². The van der Waals surface area contributed by atoms with E-state index in [0.29, 0.717) is 21.9 Å². The van der Waals surface area contributed by atoms with Crippen LogP contribution in [-0.2, 0) is 11.3 Å². The average Bonchev–Trinajstić information content (AvgIpc) is 2.99. The lowest BCUT2D eigenvalue weighted by atomic mass is 10.2. The van der Waals surface area contributed by atoms with E-state index in [1.54, 1.807) is 10.6 Å². The Morgan fingerprint density at radius 1 is 1.35 bits per heavy atom. The van der Waals surface area contributed by atoms with E-state index in [1.165, 1.54) is 23.1 Å². The van der Waals surface area contributed by atoms with Gasteiger partial charge >= 0.3 is 0 Å². The quantitative estimate of drug-likeness (QED) is 0.396. The molecule has 0 spiro atoms. The van der Waals surface area contributed by atoms with Gasteiger partial charge in [-0.25, -0.2) is 4.98 Å². The number of hydrogen-bond donors (Lipinski definition) is 1. The molecule has 3 rings (SSSR count). The molecular formula is C19H19N3O2S2. The van der Waals surface area contributed by atoms with Crippen LogP contribution in [0, 0.1) is 13.8 Å². The minimum atomic E-state index is -0.138. The standard InChI is InChI=1S/C19H19N3O2S2/c1-4-9-22-18(24)15-10-13(3)26-17(15)21-19(22)25-11-16(23)20-14-7-5-12(2)6-8-14/h4-8,10H,1,9,11H2,2-3H3,(H,20,23). The molecule has 7 heteroatoms. The van der Waals surface area contributed by atoms with Crippen molar-refractivity contribution in [1.82, 2.24) is 9.55 Å². The molecule has 26 heavy (non-hydrogen) atoms. The van der Waals surface area contributed by atoms with E-state index in [4.69, 9.17) is 0 Å². The van der Waals surface area contributed by atoms with Crippen molar-refractivity contribution in [2.24, 2.45) is 0 Å². The zero-order valence-corrected chi connectivity index (χ0v) is 16.2. The maximum atomic E-state index is 12.7. The Labute approximate surface area is 159 Å². The normalized spacial score (nSPS) is 10.8. The number of nitrogens with zero attached hydrogens (tertiary/aromatic N) is 2. The third kappa shape index (κ3) is 4.05. The van der Waals surface area contributed by atoms with Gasteiger partial charge in [-0.05, 0) is 32.0 Å². The van der Waals surface area contributed by atoms with Crippen molar-refractivity contribution in [3.63, 3.8) is 0 Å². The zero-order chi connectivity index (χ0) is 18.7. The highest BCUT2D eigenvalue weighted by Gasteiger charge is 2.14. The fourth-order valence-electron chi connectivity index (χ4n) is 2.48. The van der Waals surface area contributed by atoms with Crippen LogP contribution in [0.15, 0.2) is 52.9 Å². The zero-order valence-electron chi connectivity index (χ0n) is 14.6. The van der Waals surface area contributed by atoms with Crippen molar-refractivity contribution < 1.29 is 4.79 Å². The molecule has 0 saturated heterocycles. The second kappa shape index (κ2) is 7.88. The van der Waals surface area contributed by atoms with Gasteiger partial charge in [0.05, 0.1) is 11.1 Å². The smallest absolute Gasteiger partial charge is 0.263 e. The van der Waals surface area contributed by atoms with Crippen LogP contribution in [0.2, 0.25) is 0 Å². The van der Waals surface area contributed by atoms with Crippen molar-refractivity contribution in [3.8, 4) is 0 Å². The Bertz CT molecular complexity index is 1020. The summed E-state index contributed by atoms with van der Waals surface area (Å²) in [6.45, 7) is 8.01. The van der Waals surface area contributed by atoms with E-state index in [1.807, 2.05) is 44.2 Å². The van der Waals surface area contributed by atoms with E-state index < -0.39 is 0 Å². The first-order chi connectivity index (χ1) is 12.5. The minimum absolute atomic E-state index is 0.0966. The number of hydrogen-bond acceptors (Lipinski definition) is 5. The first-order valence-corrected chi connectivity index (χ1v) is 9.89. The van der Waals surface area contributed by atoms with Gasteiger partial charge < -0.3 is 5.32 Å². The number of rotatable bonds is 6. The van der Waals surface area contributed by atoms with Crippen LogP contribution in [0.4, 0.5) is 5.69 Å². The van der Waals surface area contributed by atoms with E-state index in [2.05, 4.69) is 16.9 Å². The van der Waals surface area contributed by atoms with Gasteiger partial charge in [0, 0.05) is 17.1 Å². The number of benzene rings is 1. The van der Waals surface area contributed by atoms with Gasteiger partial charge in [0.2, 0.25) is 5.91 Å². The number of anilines is 1. The van der Waals surface area contributed by atoms with Gasteiger partial charge in [0.25, 0.3) is 5.56 Å². The number of allylic oxidation sites excluding steroid dienone is 1. The monoisotopic (exact) mass is 385 g/mol. The molecule has 0 bridgehead atoms. The van der Waals surface area contributed by atoms with Gasteiger partial charge in [-0.15, -0.1) is 17.9 Å². The molecule has 0 fully saturated rings. The minimum Gasteiger partial charge on any atom is -0.325 e. The lowest BCUT2D eigenvalue weighted by Crippen LogP contribution is -2.23. The Balaban J connectivity index is 1.79. The molecule has 0 saturated carbocycles. The number of thioether (sulfide) groups is 1. The van der Waals surface area contributed by atoms with Crippen LogP contribution in [0.5, 0.6) is 0 Å². The van der Waals surface area contributed by atoms with Gasteiger partial charge in [-0.3, -0.25) is 14.2 Å². The molecule has 134 valence electrons. The number of carbonyl (C=O) groups excluding carboxylic acids is 1. The van der Waals surface area contributed by atoms with E-state index >= 15 is 0 Å². The predicted octanol–water partition coefficient (Wildman–Crippen LogP) is 3.99. The summed E-state index contributed by atoms with van der Waals surface area (Å²) in [6.07, 6.45) is 1.66. The molecule has 0 aliphatic carbocycles. The topological polar surface area (TPSA) is 64.0 Å². The highest BCUT2D eigenvalue weighted by atomic mass is 32.2. The van der Waals surface area contributed by atoms with Gasteiger partial charge in [-0.2, -0.15) is 0 Å². The number of amides is 1. The number of carbonyl (C=O) groups is 1. The lowest BCUT2D eigenvalue weighted by Gasteiger charge is -2.10. The molecule has 3 aromatic rings. The van der Waals surface area contributed by atoms with Crippen LogP contribution in [0.25, 0.3) is 10.2 Å². The molecule has 1 N–H and O–H groups in total. The largest absolute Gasteiger partial charge is 0.325 e. The van der Waals surface area contributed by atoms with Crippen molar-refractivity contribution in [2.75, 3.05) is 11.1 Å². The summed E-state index contributed by atoms with van der Waals surface area (Å²) in [5, 5.41) is 4.00. The molecule has 0 radical (unpaired) electrons. The van der Waals surface area contributed by atoms with Crippen LogP contribution in [0.3, 0.4) is 0 Å². The van der Waals surface area contributed by atoms with E-state index in [-0.39, 0.29) is 17.2 Å². The molecular weight excluding hydrogens is 366 g/mol. The summed E-state index contributed by atoms with van der Waals surface area (Å²) in [5.41, 5.74) is 1.79. The predicted molar refractivity (Wildman–Crippen MR) is 109 cm³/mol. The van der Waals surface area contributed by atoms with E-state index in [0.717, 1.165) is 16.1 Å². The molecule has 0 aliphatic heterocycles. The number of aryl methyl sites for hydroxylation is 2. The third-order valence-corrected chi connectivity index (χ3v) is 5.64. The summed E-state index contributed by atoms with van der Waals surface area (Å²) in [5.74, 6) is 0.0357. The van der Waals surface area contributed by atoms with Crippen LogP contribution in [-0.4, -0.2) is 21.2 Å². The summed E-state index contributed by atoms with van der Waals surface area (Å²) in [6, 6.07) is 9.47. The molecule has 2 heterocycles. The second-order valence-corrected chi connectivity index (χ2v) is 8.05. The number of thiophene rings is 1. The highest BCUT2D eigenvalue weighted by Crippen LogP contribution is 2.24. The number of aromatic nitrogens is 2. The molecule has 2 aromatic heterocycles. The summed E-state index contributed by atoms with van der Waals surface area (Å²) in [4.78, 5) is 31.2. The lowest BCUT2D eigenvalue weighted by molar-refractivity contribution is -0.113. The summed E-state index contributed by atoms with van der Waals surface area (Å²) >= 11 is 2.74. The molecule has 1 amide bonds. The first kappa shape index (κ1) is 18.4. The molecule has 0 unspecified atom stereocenters. The number of nitrogens with one attached hydrogen (secondary N) is 1. The van der Waals surface area contributed by atoms with Crippen LogP contribution < -0.4 is 10.9 Å². The molecule has 5 nitrogen and oxygen atoms in total. The maximum absolute atomic E-state index is 12.7. The first-order valence-electron chi connectivity index (χ1n) is 8.09. The average molecular weight is 386 g/mol. The van der Waals surface area contributed by atoms with Crippen molar-refractivity contribution in [2.45, 2.75) is 25.5 Å². The Hall–Kier alpha value is -2.38. The third-order valence-electron chi connectivity index (χ3n) is 3.72. The number of fused-ring (bicyclic) bond motifs is 1. The van der Waals surface area contributed by atoms with Gasteiger partial charge in [0.1, 0.15) is 4.83 Å². The molecule has 1 aromatic carbocycles. The second-order valence-electron chi connectivity index (χ2n) is 5.88. The fraction of sp³-hybridized carbons (Fsp3) is 0.211. The highest BCUT2D eigenvalue weighted by molar-refractivity contribution is 7.99. The summed E-state index contributed by atoms with van der Waals surface area (Å²) < 4.78 is 1.56. The molecule has 0 aliphatic rings. The van der Waals surface area contributed by atoms with Crippen molar-refractivity contribution in [1.29, 1.82) is 0 Å². The van der Waals surface area contributed by atoms with Gasteiger partial charge in [-0.1, -0.05) is 35.5 Å². The Morgan fingerprint density at radius 2 is 2.08 bits per heavy atom. The fourth-order valence-corrected chi connectivity index (χ4v) is 4.21. The Morgan fingerprint density at radius 3 is 2.77 bits per heavy atom. The SMILES string of the molecule is C=CCn1c(SCC(=O)Nc2ccc(C)cc2)nc2sc(C)cc2c1=O. The molecule has 0 atom stereocenters. The van der Waals surface area contributed by atoms with Crippen LogP contribution in [0.1, 0.15) is 10.4 Å². The summed E-state index contributed by atoms with van der Waals surface area (Å²) in [7, 11) is 0. The van der Waals surface area contributed by atoms with Gasteiger partial charge in [0.15, 0.2) is 5.16 Å². The van der Waals surface area contributed by atoms with Crippen LogP contribution >= 0.6 is 23.1 Å². The van der Waals surface area contributed by atoms with E-state index in [9.17, 15) is 9.59 Å².